The van der Waals surface area contributed by atoms with Gasteiger partial charge in [-0.2, -0.15) is 0 Å². The SMILES string of the molecule is COC(=O)c1ccc(-c2cc(Cl)c(CN3CCC(C4CCCCC4)C3=O)c(Cl)c2)cc1. The highest BCUT2D eigenvalue weighted by Crippen LogP contribution is 2.38. The zero-order valence-corrected chi connectivity index (χ0v) is 19.2. The molecule has 2 aliphatic rings. The van der Waals surface area contributed by atoms with Crippen molar-refractivity contribution in [1.82, 2.24) is 4.90 Å². The summed E-state index contributed by atoms with van der Waals surface area (Å²) in [4.78, 5) is 26.6. The quantitative estimate of drug-likeness (QED) is 0.487. The number of benzene rings is 2. The molecule has 1 unspecified atom stereocenters. The Morgan fingerprint density at radius 1 is 1.00 bits per heavy atom. The molecule has 31 heavy (non-hydrogen) atoms. The number of carbonyl (C=O) groups is 2. The molecule has 4 rings (SSSR count). The average molecular weight is 460 g/mol. The molecular weight excluding hydrogens is 433 g/mol. The molecule has 1 amide bonds. The van der Waals surface area contributed by atoms with Crippen LogP contribution in [0.5, 0.6) is 0 Å². The van der Waals surface area contributed by atoms with Crippen molar-refractivity contribution in [3.8, 4) is 11.1 Å². The van der Waals surface area contributed by atoms with E-state index in [1.165, 1.54) is 39.2 Å². The summed E-state index contributed by atoms with van der Waals surface area (Å²) in [6.07, 6.45) is 7.07. The van der Waals surface area contributed by atoms with Crippen molar-refractivity contribution in [2.75, 3.05) is 13.7 Å². The van der Waals surface area contributed by atoms with Crippen LogP contribution in [0, 0.1) is 11.8 Å². The number of likely N-dealkylation sites (tertiary alicyclic amines) is 1. The molecule has 0 bridgehead atoms. The van der Waals surface area contributed by atoms with Gasteiger partial charge in [0.2, 0.25) is 5.91 Å². The maximum absolute atomic E-state index is 13.0. The third kappa shape index (κ3) is 4.75. The molecule has 0 radical (unpaired) electrons. The Kier molecular flexibility index (Phi) is 6.88. The number of carbonyl (C=O) groups excluding carboxylic acids is 2. The number of methoxy groups -OCH3 is 1. The number of rotatable bonds is 5. The smallest absolute Gasteiger partial charge is 0.337 e. The molecule has 2 aromatic carbocycles. The monoisotopic (exact) mass is 459 g/mol. The molecule has 6 heteroatoms. The predicted octanol–water partition coefficient (Wildman–Crippen LogP) is 6.38. The third-order valence-corrected chi connectivity index (χ3v) is 7.36. The number of ether oxygens (including phenoxy) is 1. The number of halogens is 2. The fraction of sp³-hybridized carbons (Fsp3) is 0.440. The summed E-state index contributed by atoms with van der Waals surface area (Å²) in [6, 6.07) is 10.8. The van der Waals surface area contributed by atoms with Crippen LogP contribution in [-0.2, 0) is 16.1 Å². The minimum Gasteiger partial charge on any atom is -0.465 e. The second kappa shape index (κ2) is 9.62. The van der Waals surface area contributed by atoms with Crippen LogP contribution < -0.4 is 0 Å². The van der Waals surface area contributed by atoms with E-state index < -0.39 is 0 Å². The Morgan fingerprint density at radius 2 is 1.65 bits per heavy atom. The molecule has 1 aliphatic heterocycles. The van der Waals surface area contributed by atoms with Crippen molar-refractivity contribution in [2.45, 2.75) is 45.1 Å². The molecule has 2 aromatic rings. The summed E-state index contributed by atoms with van der Waals surface area (Å²) in [5.74, 6) is 0.569. The predicted molar refractivity (Wildman–Crippen MR) is 123 cm³/mol. The van der Waals surface area contributed by atoms with Crippen LogP contribution in [0.25, 0.3) is 11.1 Å². The van der Waals surface area contributed by atoms with Crippen LogP contribution in [0.4, 0.5) is 0 Å². The van der Waals surface area contributed by atoms with E-state index in [1.54, 1.807) is 12.1 Å². The number of esters is 1. The maximum Gasteiger partial charge on any atom is 0.337 e. The number of amides is 1. The van der Waals surface area contributed by atoms with Crippen LogP contribution in [0.15, 0.2) is 36.4 Å². The zero-order chi connectivity index (χ0) is 22.0. The number of nitrogens with zero attached hydrogens (tertiary/aromatic N) is 1. The highest BCUT2D eigenvalue weighted by Gasteiger charge is 2.37. The summed E-state index contributed by atoms with van der Waals surface area (Å²) >= 11 is 13.2. The Hall–Kier alpha value is -2.04. The van der Waals surface area contributed by atoms with Gasteiger partial charge in [0.25, 0.3) is 0 Å². The molecule has 1 saturated carbocycles. The number of hydrogen-bond donors (Lipinski definition) is 0. The first-order valence-electron chi connectivity index (χ1n) is 10.9. The first-order chi connectivity index (χ1) is 15.0. The van der Waals surface area contributed by atoms with Crippen molar-refractivity contribution in [3.05, 3.63) is 57.6 Å². The van der Waals surface area contributed by atoms with Gasteiger partial charge < -0.3 is 9.64 Å². The summed E-state index contributed by atoms with van der Waals surface area (Å²) in [5, 5.41) is 1.10. The maximum atomic E-state index is 13.0. The molecule has 2 fully saturated rings. The molecule has 1 heterocycles. The lowest BCUT2D eigenvalue weighted by atomic mass is 9.79. The first kappa shape index (κ1) is 22.2. The Morgan fingerprint density at radius 3 is 2.26 bits per heavy atom. The van der Waals surface area contributed by atoms with Crippen molar-refractivity contribution >= 4 is 35.1 Å². The zero-order valence-electron chi connectivity index (χ0n) is 17.7. The van der Waals surface area contributed by atoms with E-state index in [0.29, 0.717) is 28.1 Å². The fourth-order valence-electron chi connectivity index (χ4n) is 4.92. The van der Waals surface area contributed by atoms with Crippen LogP contribution in [0.2, 0.25) is 10.0 Å². The average Bonchev–Trinajstić information content (AvgIpc) is 3.16. The first-order valence-corrected chi connectivity index (χ1v) is 11.7. The van der Waals surface area contributed by atoms with E-state index >= 15 is 0 Å². The van der Waals surface area contributed by atoms with Gasteiger partial charge in [-0.3, -0.25) is 4.79 Å². The van der Waals surface area contributed by atoms with Crippen LogP contribution in [0.3, 0.4) is 0 Å². The Labute approximate surface area is 193 Å². The molecule has 0 spiro atoms. The van der Waals surface area contributed by atoms with Crippen LogP contribution >= 0.6 is 23.2 Å². The van der Waals surface area contributed by atoms with E-state index in [-0.39, 0.29) is 17.8 Å². The lowest BCUT2D eigenvalue weighted by Crippen LogP contribution is -2.30. The van der Waals surface area contributed by atoms with E-state index in [4.69, 9.17) is 27.9 Å². The molecule has 1 aliphatic carbocycles. The van der Waals surface area contributed by atoms with Gasteiger partial charge in [-0.25, -0.2) is 4.79 Å². The van der Waals surface area contributed by atoms with Gasteiger partial charge in [-0.05, 0) is 60.6 Å². The van der Waals surface area contributed by atoms with Crippen molar-refractivity contribution < 1.29 is 14.3 Å². The summed E-state index contributed by atoms with van der Waals surface area (Å²) < 4.78 is 4.74. The molecule has 0 aromatic heterocycles. The lowest BCUT2D eigenvalue weighted by molar-refractivity contribution is -0.133. The van der Waals surface area contributed by atoms with E-state index in [9.17, 15) is 9.59 Å². The lowest BCUT2D eigenvalue weighted by Gasteiger charge is -2.26. The molecule has 4 nitrogen and oxygen atoms in total. The van der Waals surface area contributed by atoms with Crippen molar-refractivity contribution in [3.63, 3.8) is 0 Å². The van der Waals surface area contributed by atoms with E-state index in [2.05, 4.69) is 0 Å². The minimum atomic E-state index is -0.375. The van der Waals surface area contributed by atoms with Gasteiger partial charge in [-0.1, -0.05) is 54.6 Å². The molecular formula is C25H27Cl2NO3. The topological polar surface area (TPSA) is 46.6 Å². The van der Waals surface area contributed by atoms with Crippen LogP contribution in [0.1, 0.15) is 54.4 Å². The second-order valence-corrected chi connectivity index (χ2v) is 9.35. The van der Waals surface area contributed by atoms with Crippen molar-refractivity contribution in [2.24, 2.45) is 11.8 Å². The largest absolute Gasteiger partial charge is 0.465 e. The summed E-state index contributed by atoms with van der Waals surface area (Å²) in [5.41, 5.74) is 3.04. The Bertz CT molecular complexity index is 944. The van der Waals surface area contributed by atoms with Gasteiger partial charge in [0, 0.05) is 34.6 Å². The van der Waals surface area contributed by atoms with Gasteiger partial charge in [0.1, 0.15) is 0 Å². The van der Waals surface area contributed by atoms with Gasteiger partial charge in [0.05, 0.1) is 12.7 Å². The minimum absolute atomic E-state index is 0.158. The molecule has 1 saturated heterocycles. The van der Waals surface area contributed by atoms with Gasteiger partial charge >= 0.3 is 5.97 Å². The number of hydrogen-bond acceptors (Lipinski definition) is 3. The molecule has 164 valence electrons. The van der Waals surface area contributed by atoms with Crippen LogP contribution in [-0.4, -0.2) is 30.4 Å². The highest BCUT2D eigenvalue weighted by molar-refractivity contribution is 6.36. The standard InChI is InChI=1S/C25H27Cl2NO3/c1-31-25(30)18-9-7-16(8-10-18)19-13-22(26)21(23(27)14-19)15-28-12-11-20(24(28)29)17-5-3-2-4-6-17/h7-10,13-14,17,20H,2-6,11-12,15H2,1H3. The normalized spacial score (nSPS) is 19.6. The highest BCUT2D eigenvalue weighted by atomic mass is 35.5. The van der Waals surface area contributed by atoms with Crippen molar-refractivity contribution in [1.29, 1.82) is 0 Å². The van der Waals surface area contributed by atoms with Gasteiger partial charge in [-0.15, -0.1) is 0 Å². The van der Waals surface area contributed by atoms with Gasteiger partial charge in [0.15, 0.2) is 0 Å². The molecule has 1 atom stereocenters. The summed E-state index contributed by atoms with van der Waals surface area (Å²) in [6.45, 7) is 1.21. The fourth-order valence-corrected chi connectivity index (χ4v) is 5.53. The molecule has 0 N–H and O–H groups in total. The third-order valence-electron chi connectivity index (χ3n) is 6.69. The summed E-state index contributed by atoms with van der Waals surface area (Å²) in [7, 11) is 1.36. The van der Waals surface area contributed by atoms with E-state index in [0.717, 1.165) is 29.7 Å². The second-order valence-electron chi connectivity index (χ2n) is 8.54. The van der Waals surface area contributed by atoms with E-state index in [1.807, 2.05) is 29.2 Å². The Balaban J connectivity index is 1.49.